The molecule has 0 saturated heterocycles. The van der Waals surface area contributed by atoms with Crippen LogP contribution in [0.4, 0.5) is 0 Å². The van der Waals surface area contributed by atoms with Crippen molar-refractivity contribution in [2.45, 2.75) is 23.5 Å². The van der Waals surface area contributed by atoms with Crippen molar-refractivity contribution in [2.24, 2.45) is 0 Å². The predicted molar refractivity (Wildman–Crippen MR) is 94.8 cm³/mol. The molecule has 0 radical (unpaired) electrons. The van der Waals surface area contributed by atoms with Gasteiger partial charge in [-0.25, -0.2) is 9.48 Å². The first-order valence-electron chi connectivity index (χ1n) is 7.88. The Kier molecular flexibility index (Phi) is 3.65. The third kappa shape index (κ3) is 2.24. The van der Waals surface area contributed by atoms with Gasteiger partial charge in [0.25, 0.3) is 0 Å². The molecule has 2 aromatic carbocycles. The molecule has 0 amide bonds. The van der Waals surface area contributed by atoms with Crippen LogP contribution >= 0.6 is 11.8 Å². The summed E-state index contributed by atoms with van der Waals surface area (Å²) in [5, 5.41) is 14.2. The first-order chi connectivity index (χ1) is 11.7. The first-order valence-corrected chi connectivity index (χ1v) is 8.76. The van der Waals surface area contributed by atoms with E-state index in [1.54, 1.807) is 16.4 Å². The van der Waals surface area contributed by atoms with Crippen LogP contribution in [0.2, 0.25) is 0 Å². The lowest BCUT2D eigenvalue weighted by atomic mass is 10.00. The van der Waals surface area contributed by atoms with Crippen molar-refractivity contribution >= 4 is 17.7 Å². The fourth-order valence-corrected chi connectivity index (χ4v) is 4.44. The summed E-state index contributed by atoms with van der Waals surface area (Å²) in [5.41, 5.74) is 3.81. The maximum atomic E-state index is 11.8. The summed E-state index contributed by atoms with van der Waals surface area (Å²) < 4.78 is 1.78. The van der Waals surface area contributed by atoms with Crippen LogP contribution in [0.1, 0.15) is 34.6 Å². The Bertz CT molecular complexity index is 918. The average Bonchev–Trinajstić information content (AvgIpc) is 3.03. The maximum absolute atomic E-state index is 11.8. The number of nitrogens with zero attached hydrogens (tertiary/aromatic N) is 2. The molecule has 1 aliphatic heterocycles. The summed E-state index contributed by atoms with van der Waals surface area (Å²) in [5.74, 6) is -0.973. The maximum Gasteiger partial charge on any atom is 0.356 e. The fourth-order valence-electron chi connectivity index (χ4n) is 3.17. The number of thioether (sulfide) groups is 1. The molecule has 4 rings (SSSR count). The third-order valence-corrected chi connectivity index (χ3v) is 5.69. The van der Waals surface area contributed by atoms with Gasteiger partial charge in [-0.15, -0.1) is 11.8 Å². The molecular weight excluding hydrogens is 320 g/mol. The molecule has 0 saturated carbocycles. The first kappa shape index (κ1) is 15.0. The minimum absolute atomic E-state index is 0.0958. The standard InChI is InChI=1S/C19H16N2O2S/c1-2-14-16-17(19(22)23)20-21(12-8-4-3-5-9-12)18(16)13-10-6-7-11-15(13)24-14/h3-11,14H,2H2,1H3,(H,22,23). The predicted octanol–water partition coefficient (Wildman–Crippen LogP) is 4.79. The Labute approximate surface area is 144 Å². The Balaban J connectivity index is 2.07. The number of benzene rings is 2. The number of hydrogen-bond donors (Lipinski definition) is 1. The van der Waals surface area contributed by atoms with Gasteiger partial charge in [-0.1, -0.05) is 43.3 Å². The Hall–Kier alpha value is -2.53. The van der Waals surface area contributed by atoms with Gasteiger partial charge in [0.05, 0.1) is 11.4 Å². The lowest BCUT2D eigenvalue weighted by Crippen LogP contribution is -2.07. The smallest absolute Gasteiger partial charge is 0.356 e. The van der Waals surface area contributed by atoms with Crippen LogP contribution < -0.4 is 0 Å². The molecule has 1 atom stereocenters. The molecule has 0 aliphatic carbocycles. The number of hydrogen-bond acceptors (Lipinski definition) is 3. The normalized spacial score (nSPS) is 15.6. The van der Waals surface area contributed by atoms with E-state index in [9.17, 15) is 9.90 Å². The number of fused-ring (bicyclic) bond motifs is 3. The van der Waals surface area contributed by atoms with Gasteiger partial charge in [0.1, 0.15) is 0 Å². The second kappa shape index (κ2) is 5.83. The molecule has 1 aliphatic rings. The molecule has 0 bridgehead atoms. The van der Waals surface area contributed by atoms with E-state index >= 15 is 0 Å². The Morgan fingerprint density at radius 3 is 2.58 bits per heavy atom. The second-order valence-corrected chi connectivity index (χ2v) is 6.92. The highest BCUT2D eigenvalue weighted by Crippen LogP contribution is 2.51. The van der Waals surface area contributed by atoms with Crippen molar-refractivity contribution in [3.05, 3.63) is 65.9 Å². The SMILES string of the molecule is CCC1Sc2ccccc2-c2c1c(C(=O)O)nn2-c1ccccc1. The molecule has 0 spiro atoms. The zero-order valence-electron chi connectivity index (χ0n) is 13.1. The van der Waals surface area contributed by atoms with Crippen molar-refractivity contribution in [2.75, 3.05) is 0 Å². The van der Waals surface area contributed by atoms with E-state index < -0.39 is 5.97 Å². The van der Waals surface area contributed by atoms with E-state index in [1.807, 2.05) is 48.5 Å². The molecule has 120 valence electrons. The van der Waals surface area contributed by atoms with Gasteiger partial charge in [-0.2, -0.15) is 5.10 Å². The lowest BCUT2D eigenvalue weighted by Gasteiger charge is -2.24. The minimum Gasteiger partial charge on any atom is -0.476 e. The zero-order valence-corrected chi connectivity index (χ0v) is 14.0. The van der Waals surface area contributed by atoms with E-state index in [4.69, 9.17) is 0 Å². The van der Waals surface area contributed by atoms with Crippen molar-refractivity contribution in [1.29, 1.82) is 0 Å². The number of para-hydroxylation sites is 1. The van der Waals surface area contributed by atoms with Crippen molar-refractivity contribution < 1.29 is 9.90 Å². The summed E-state index contributed by atoms with van der Waals surface area (Å²) in [6, 6.07) is 17.8. The third-order valence-electron chi connectivity index (χ3n) is 4.23. The van der Waals surface area contributed by atoms with Gasteiger partial charge in [0.2, 0.25) is 0 Å². The van der Waals surface area contributed by atoms with Crippen molar-refractivity contribution in [3.8, 4) is 16.9 Å². The van der Waals surface area contributed by atoms with Crippen LogP contribution in [-0.2, 0) is 0 Å². The fraction of sp³-hybridized carbons (Fsp3) is 0.158. The topological polar surface area (TPSA) is 55.1 Å². The van der Waals surface area contributed by atoms with E-state index in [-0.39, 0.29) is 10.9 Å². The van der Waals surface area contributed by atoms with E-state index in [2.05, 4.69) is 18.1 Å². The van der Waals surface area contributed by atoms with Crippen LogP contribution in [0.25, 0.3) is 16.9 Å². The van der Waals surface area contributed by atoms with Crippen LogP contribution in [0.15, 0.2) is 59.5 Å². The van der Waals surface area contributed by atoms with Gasteiger partial charge in [-0.3, -0.25) is 0 Å². The zero-order chi connectivity index (χ0) is 16.7. The number of rotatable bonds is 3. The molecule has 0 fully saturated rings. The molecule has 3 aromatic rings. The molecule has 1 aromatic heterocycles. The van der Waals surface area contributed by atoms with Crippen molar-refractivity contribution in [3.63, 3.8) is 0 Å². The summed E-state index contributed by atoms with van der Waals surface area (Å²) in [6.45, 7) is 2.08. The second-order valence-electron chi connectivity index (χ2n) is 5.67. The van der Waals surface area contributed by atoms with Gasteiger partial charge in [-0.05, 0) is 24.6 Å². The highest BCUT2D eigenvalue weighted by atomic mass is 32.2. The Morgan fingerprint density at radius 1 is 1.17 bits per heavy atom. The van der Waals surface area contributed by atoms with Crippen LogP contribution in [0.5, 0.6) is 0 Å². The summed E-state index contributed by atoms with van der Waals surface area (Å²) in [7, 11) is 0. The molecular formula is C19H16N2O2S. The van der Waals surface area contributed by atoms with Crippen LogP contribution in [0, 0.1) is 0 Å². The number of aromatic carboxylic acids is 1. The van der Waals surface area contributed by atoms with E-state index in [1.165, 1.54) is 4.90 Å². The minimum atomic E-state index is -0.973. The van der Waals surface area contributed by atoms with Gasteiger partial charge in [0.15, 0.2) is 5.69 Å². The average molecular weight is 336 g/mol. The van der Waals surface area contributed by atoms with Crippen molar-refractivity contribution in [1.82, 2.24) is 9.78 Å². The summed E-state index contributed by atoms with van der Waals surface area (Å²) in [6.07, 6.45) is 0.854. The van der Waals surface area contributed by atoms with E-state index in [0.29, 0.717) is 0 Å². The quantitative estimate of drug-likeness (QED) is 0.747. The summed E-state index contributed by atoms with van der Waals surface area (Å²) >= 11 is 1.72. The Morgan fingerprint density at radius 2 is 1.88 bits per heavy atom. The molecule has 1 N–H and O–H groups in total. The number of carboxylic acid groups (broad SMARTS) is 1. The van der Waals surface area contributed by atoms with Gasteiger partial charge in [0, 0.05) is 21.3 Å². The summed E-state index contributed by atoms with van der Waals surface area (Å²) in [4.78, 5) is 13.0. The highest BCUT2D eigenvalue weighted by Gasteiger charge is 2.34. The molecule has 1 unspecified atom stereocenters. The monoisotopic (exact) mass is 336 g/mol. The number of carbonyl (C=O) groups is 1. The van der Waals surface area contributed by atoms with Gasteiger partial charge >= 0.3 is 5.97 Å². The van der Waals surface area contributed by atoms with Gasteiger partial charge < -0.3 is 5.11 Å². The number of carboxylic acids is 1. The lowest BCUT2D eigenvalue weighted by molar-refractivity contribution is 0.0688. The van der Waals surface area contributed by atoms with Crippen LogP contribution in [-0.4, -0.2) is 20.9 Å². The largest absolute Gasteiger partial charge is 0.476 e. The molecule has 4 nitrogen and oxygen atoms in total. The molecule has 5 heteroatoms. The highest BCUT2D eigenvalue weighted by molar-refractivity contribution is 7.99. The molecule has 2 heterocycles. The van der Waals surface area contributed by atoms with E-state index in [0.717, 1.165) is 28.9 Å². The molecule has 24 heavy (non-hydrogen) atoms. The van der Waals surface area contributed by atoms with Crippen LogP contribution in [0.3, 0.4) is 0 Å². The number of aromatic nitrogens is 2.